The molecule has 0 fully saturated rings. The van der Waals surface area contributed by atoms with Gasteiger partial charge in [-0.05, 0) is 12.1 Å². The van der Waals surface area contributed by atoms with E-state index in [-0.39, 0.29) is 5.56 Å². The van der Waals surface area contributed by atoms with Gasteiger partial charge in [-0.15, -0.1) is 0 Å². The summed E-state index contributed by atoms with van der Waals surface area (Å²) in [5.74, 6) is -5.27. The molecule has 1 rings (SSSR count). The Balaban J connectivity index is 2.74. The summed E-state index contributed by atoms with van der Waals surface area (Å²) >= 11 is 0. The molecule has 0 aliphatic carbocycles. The van der Waals surface area contributed by atoms with Gasteiger partial charge in [-0.25, -0.2) is 8.78 Å². The van der Waals surface area contributed by atoms with Crippen molar-refractivity contribution in [3.63, 3.8) is 0 Å². The van der Waals surface area contributed by atoms with Crippen LogP contribution in [0.2, 0.25) is 0 Å². The standard InChI is InChI=1S/C10H12F2N2O3/c11-10(12,4-13)5-14-9(17)6-2-1-3-7(15)8(6)16/h1-3,15-16H,4-5,13H2,(H,14,17). The fourth-order valence-electron chi connectivity index (χ4n) is 1.09. The minimum absolute atomic E-state index is 0.280. The maximum absolute atomic E-state index is 12.8. The zero-order valence-electron chi connectivity index (χ0n) is 8.78. The number of nitrogens with two attached hydrogens (primary N) is 1. The maximum Gasteiger partial charge on any atom is 0.277 e. The van der Waals surface area contributed by atoms with Crippen LogP contribution in [-0.4, -0.2) is 35.1 Å². The lowest BCUT2D eigenvalue weighted by Crippen LogP contribution is -2.41. The smallest absolute Gasteiger partial charge is 0.277 e. The molecule has 5 nitrogen and oxygen atoms in total. The summed E-state index contributed by atoms with van der Waals surface area (Å²) in [6.45, 7) is -1.82. The first-order chi connectivity index (χ1) is 7.87. The first-order valence-corrected chi connectivity index (χ1v) is 4.74. The monoisotopic (exact) mass is 246 g/mol. The number of hydrogen-bond donors (Lipinski definition) is 4. The molecular formula is C10H12F2N2O3. The average molecular weight is 246 g/mol. The highest BCUT2D eigenvalue weighted by Gasteiger charge is 2.27. The van der Waals surface area contributed by atoms with Gasteiger partial charge in [0.2, 0.25) is 0 Å². The normalized spacial score (nSPS) is 11.2. The van der Waals surface area contributed by atoms with Crippen LogP contribution in [0, 0.1) is 0 Å². The third-order valence-corrected chi connectivity index (χ3v) is 2.07. The number of carbonyl (C=O) groups is 1. The molecule has 17 heavy (non-hydrogen) atoms. The van der Waals surface area contributed by atoms with E-state index < -0.39 is 36.4 Å². The van der Waals surface area contributed by atoms with E-state index >= 15 is 0 Å². The molecule has 0 unspecified atom stereocenters. The van der Waals surface area contributed by atoms with Gasteiger partial charge in [-0.3, -0.25) is 4.79 Å². The average Bonchev–Trinajstić information content (AvgIpc) is 2.30. The van der Waals surface area contributed by atoms with Crippen LogP contribution in [0.3, 0.4) is 0 Å². The highest BCUT2D eigenvalue weighted by Crippen LogP contribution is 2.28. The van der Waals surface area contributed by atoms with Crippen molar-refractivity contribution in [3.8, 4) is 11.5 Å². The van der Waals surface area contributed by atoms with E-state index in [1.807, 2.05) is 5.32 Å². The van der Waals surface area contributed by atoms with Crippen LogP contribution in [0.25, 0.3) is 0 Å². The molecule has 0 atom stereocenters. The Labute approximate surface area is 95.9 Å². The summed E-state index contributed by atoms with van der Waals surface area (Å²) in [4.78, 5) is 11.4. The van der Waals surface area contributed by atoms with Crippen molar-refractivity contribution in [1.29, 1.82) is 0 Å². The lowest BCUT2D eigenvalue weighted by atomic mass is 10.1. The molecule has 0 saturated carbocycles. The summed E-state index contributed by atoms with van der Waals surface area (Å²) in [5.41, 5.74) is 4.51. The number of phenolic OH excluding ortho intramolecular Hbond substituents is 2. The number of benzene rings is 1. The van der Waals surface area contributed by atoms with Crippen molar-refractivity contribution < 1.29 is 23.8 Å². The van der Waals surface area contributed by atoms with Crippen LogP contribution in [-0.2, 0) is 0 Å². The van der Waals surface area contributed by atoms with E-state index in [4.69, 9.17) is 10.8 Å². The number of halogens is 2. The van der Waals surface area contributed by atoms with Crippen LogP contribution in [0.4, 0.5) is 8.78 Å². The fourth-order valence-corrected chi connectivity index (χ4v) is 1.09. The van der Waals surface area contributed by atoms with Crippen molar-refractivity contribution >= 4 is 5.91 Å². The van der Waals surface area contributed by atoms with E-state index in [1.54, 1.807) is 0 Å². The Morgan fingerprint density at radius 3 is 2.65 bits per heavy atom. The van der Waals surface area contributed by atoms with Crippen LogP contribution in [0.5, 0.6) is 11.5 Å². The summed E-state index contributed by atoms with van der Waals surface area (Å²) < 4.78 is 25.5. The van der Waals surface area contributed by atoms with Gasteiger partial charge in [-0.2, -0.15) is 0 Å². The number of alkyl halides is 2. The molecule has 0 aliphatic rings. The highest BCUT2D eigenvalue weighted by atomic mass is 19.3. The topological polar surface area (TPSA) is 95.6 Å². The lowest BCUT2D eigenvalue weighted by molar-refractivity contribution is 0.0118. The minimum Gasteiger partial charge on any atom is -0.504 e. The predicted molar refractivity (Wildman–Crippen MR) is 56.1 cm³/mol. The van der Waals surface area contributed by atoms with Crippen molar-refractivity contribution in [1.82, 2.24) is 5.32 Å². The molecule has 0 aromatic heterocycles. The number of amides is 1. The molecule has 5 N–H and O–H groups in total. The molecule has 1 aromatic carbocycles. The Morgan fingerprint density at radius 1 is 1.41 bits per heavy atom. The number of nitrogens with one attached hydrogen (secondary N) is 1. The van der Waals surface area contributed by atoms with Gasteiger partial charge >= 0.3 is 0 Å². The van der Waals surface area contributed by atoms with E-state index in [1.165, 1.54) is 18.2 Å². The van der Waals surface area contributed by atoms with Gasteiger partial charge in [0.15, 0.2) is 11.5 Å². The summed E-state index contributed by atoms with van der Waals surface area (Å²) in [6.07, 6.45) is 0. The van der Waals surface area contributed by atoms with Crippen molar-refractivity contribution in [2.45, 2.75) is 5.92 Å². The quantitative estimate of drug-likeness (QED) is 0.579. The molecule has 0 spiro atoms. The van der Waals surface area contributed by atoms with Crippen LogP contribution >= 0.6 is 0 Å². The number of phenols is 2. The Kier molecular flexibility index (Phi) is 3.84. The van der Waals surface area contributed by atoms with Crippen LogP contribution < -0.4 is 11.1 Å². The molecule has 0 aliphatic heterocycles. The second kappa shape index (κ2) is 4.96. The van der Waals surface area contributed by atoms with Crippen LogP contribution in [0.15, 0.2) is 18.2 Å². The minimum atomic E-state index is -3.21. The second-order valence-corrected chi connectivity index (χ2v) is 3.42. The fraction of sp³-hybridized carbons (Fsp3) is 0.300. The number of rotatable bonds is 4. The third kappa shape index (κ3) is 3.28. The zero-order chi connectivity index (χ0) is 13.1. The number of hydrogen-bond acceptors (Lipinski definition) is 4. The van der Waals surface area contributed by atoms with Gasteiger partial charge in [0.05, 0.1) is 18.7 Å². The van der Waals surface area contributed by atoms with E-state index in [0.717, 1.165) is 0 Å². The number of carbonyl (C=O) groups excluding carboxylic acids is 1. The lowest BCUT2D eigenvalue weighted by Gasteiger charge is -2.14. The second-order valence-electron chi connectivity index (χ2n) is 3.42. The maximum atomic E-state index is 12.8. The van der Waals surface area contributed by atoms with Crippen molar-refractivity contribution in [2.24, 2.45) is 5.73 Å². The molecule has 1 aromatic rings. The molecule has 7 heteroatoms. The van der Waals surface area contributed by atoms with E-state index in [9.17, 15) is 18.7 Å². The zero-order valence-corrected chi connectivity index (χ0v) is 8.78. The van der Waals surface area contributed by atoms with Crippen LogP contribution in [0.1, 0.15) is 10.4 Å². The van der Waals surface area contributed by atoms with Crippen molar-refractivity contribution in [3.05, 3.63) is 23.8 Å². The summed E-state index contributed by atoms with van der Waals surface area (Å²) in [6, 6.07) is 3.68. The first-order valence-electron chi connectivity index (χ1n) is 4.74. The Hall–Kier alpha value is -1.89. The molecule has 1 amide bonds. The highest BCUT2D eigenvalue weighted by molar-refractivity contribution is 5.97. The molecule has 0 bridgehead atoms. The molecule has 94 valence electrons. The Bertz CT molecular complexity index is 424. The summed E-state index contributed by atoms with van der Waals surface area (Å²) in [5, 5.41) is 20.4. The largest absolute Gasteiger partial charge is 0.504 e. The van der Waals surface area contributed by atoms with Gasteiger partial charge in [0.25, 0.3) is 11.8 Å². The first kappa shape index (κ1) is 13.2. The van der Waals surface area contributed by atoms with E-state index in [2.05, 4.69) is 0 Å². The number of para-hydroxylation sites is 1. The molecule has 0 radical (unpaired) electrons. The molecular weight excluding hydrogens is 234 g/mol. The van der Waals surface area contributed by atoms with Gasteiger partial charge in [0.1, 0.15) is 0 Å². The predicted octanol–water partition coefficient (Wildman–Crippen LogP) is 0.422. The third-order valence-electron chi connectivity index (χ3n) is 2.07. The SMILES string of the molecule is NCC(F)(F)CNC(=O)c1cccc(O)c1O. The van der Waals surface area contributed by atoms with Gasteiger partial charge in [-0.1, -0.05) is 6.07 Å². The van der Waals surface area contributed by atoms with Gasteiger partial charge < -0.3 is 21.3 Å². The van der Waals surface area contributed by atoms with Gasteiger partial charge in [0, 0.05) is 0 Å². The van der Waals surface area contributed by atoms with Crippen molar-refractivity contribution in [2.75, 3.05) is 13.1 Å². The molecule has 0 heterocycles. The van der Waals surface area contributed by atoms with E-state index in [0.29, 0.717) is 0 Å². The Morgan fingerprint density at radius 2 is 2.06 bits per heavy atom. The summed E-state index contributed by atoms with van der Waals surface area (Å²) in [7, 11) is 0. The molecule has 0 saturated heterocycles. The number of aromatic hydroxyl groups is 2.